The van der Waals surface area contributed by atoms with E-state index in [0.717, 1.165) is 35.0 Å². The predicted molar refractivity (Wildman–Crippen MR) is 97.1 cm³/mol. The van der Waals surface area contributed by atoms with Gasteiger partial charge in [-0.25, -0.2) is 0 Å². The van der Waals surface area contributed by atoms with Gasteiger partial charge in [0.2, 0.25) is 11.0 Å². The lowest BCUT2D eigenvalue weighted by atomic mass is 9.99. The Kier molecular flexibility index (Phi) is 5.47. The molecule has 1 fully saturated rings. The lowest BCUT2D eigenvalue weighted by molar-refractivity contribution is -0.119. The fraction of sp³-hybridized carbons (Fsp3) is 0.375. The Hall–Kier alpha value is -1.93. The number of anilines is 3. The van der Waals surface area contributed by atoms with Crippen molar-refractivity contribution in [2.45, 2.75) is 42.2 Å². The largest absolute Gasteiger partial charge is 0.330 e. The second kappa shape index (κ2) is 7.76. The molecule has 0 bridgehead atoms. The maximum absolute atomic E-state index is 11.9. The Morgan fingerprint density at radius 1 is 1.29 bits per heavy atom. The highest BCUT2D eigenvalue weighted by molar-refractivity contribution is 8.02. The summed E-state index contributed by atoms with van der Waals surface area (Å²) in [6.45, 7) is 1.47. The Morgan fingerprint density at radius 2 is 2.12 bits per heavy atom. The first kappa shape index (κ1) is 16.9. The van der Waals surface area contributed by atoms with Crippen molar-refractivity contribution in [3.63, 3.8) is 0 Å². The number of Topliss-reactive ketones (excluding diaryl/α,β-unsaturated/α-hetero) is 1. The van der Waals surface area contributed by atoms with Crippen molar-refractivity contribution < 1.29 is 9.59 Å². The number of nitrogens with one attached hydrogen (secondary N) is 2. The van der Waals surface area contributed by atoms with Crippen LogP contribution in [-0.2, 0) is 9.59 Å². The summed E-state index contributed by atoms with van der Waals surface area (Å²) in [5.41, 5.74) is 1.54. The first-order chi connectivity index (χ1) is 11.6. The SMILES string of the molecule is CC(=O)Nc1cccc(Nc2nnc(S[C@@H]3CCCCC3=O)s2)c1. The van der Waals surface area contributed by atoms with E-state index in [1.165, 1.54) is 30.0 Å². The maximum Gasteiger partial charge on any atom is 0.221 e. The summed E-state index contributed by atoms with van der Waals surface area (Å²) in [5, 5.41) is 14.9. The van der Waals surface area contributed by atoms with Crippen molar-refractivity contribution in [2.24, 2.45) is 0 Å². The topological polar surface area (TPSA) is 84.0 Å². The third kappa shape index (κ3) is 4.55. The van der Waals surface area contributed by atoms with Gasteiger partial charge in [-0.2, -0.15) is 0 Å². The predicted octanol–water partition coefficient (Wildman–Crippen LogP) is 3.84. The fourth-order valence-corrected chi connectivity index (χ4v) is 4.65. The number of carbonyl (C=O) groups excluding carboxylic acids is 2. The monoisotopic (exact) mass is 362 g/mol. The van der Waals surface area contributed by atoms with Gasteiger partial charge in [0.1, 0.15) is 5.78 Å². The molecule has 0 saturated heterocycles. The summed E-state index contributed by atoms with van der Waals surface area (Å²) < 4.78 is 0.802. The zero-order chi connectivity index (χ0) is 16.9. The molecule has 3 rings (SSSR count). The van der Waals surface area contributed by atoms with Gasteiger partial charge < -0.3 is 10.6 Å². The van der Waals surface area contributed by atoms with Crippen LogP contribution in [0.5, 0.6) is 0 Å². The summed E-state index contributed by atoms with van der Waals surface area (Å²) in [4.78, 5) is 23.0. The van der Waals surface area contributed by atoms with E-state index in [0.29, 0.717) is 17.3 Å². The minimum absolute atomic E-state index is 0.0163. The molecule has 2 N–H and O–H groups in total. The van der Waals surface area contributed by atoms with Crippen LogP contribution >= 0.6 is 23.1 Å². The number of benzene rings is 1. The molecule has 1 heterocycles. The van der Waals surface area contributed by atoms with Crippen molar-refractivity contribution in [2.75, 3.05) is 10.6 Å². The number of aromatic nitrogens is 2. The van der Waals surface area contributed by atoms with Gasteiger partial charge in [0.25, 0.3) is 0 Å². The van der Waals surface area contributed by atoms with Crippen LogP contribution in [0.15, 0.2) is 28.6 Å². The van der Waals surface area contributed by atoms with Crippen LogP contribution in [0.2, 0.25) is 0 Å². The van der Waals surface area contributed by atoms with Gasteiger partial charge in [-0.15, -0.1) is 10.2 Å². The van der Waals surface area contributed by atoms with E-state index in [-0.39, 0.29) is 11.2 Å². The normalized spacial score (nSPS) is 17.5. The molecule has 1 aromatic carbocycles. The third-order valence-electron chi connectivity index (χ3n) is 3.58. The molecule has 1 aliphatic carbocycles. The number of thioether (sulfide) groups is 1. The average molecular weight is 362 g/mol. The fourth-order valence-electron chi connectivity index (χ4n) is 2.51. The molecule has 0 aliphatic heterocycles. The van der Waals surface area contributed by atoms with Gasteiger partial charge in [-0.3, -0.25) is 9.59 Å². The van der Waals surface area contributed by atoms with E-state index >= 15 is 0 Å². The molecule has 1 saturated carbocycles. The summed E-state index contributed by atoms with van der Waals surface area (Å²) in [5.74, 6) is 0.206. The molecule has 2 aromatic rings. The van der Waals surface area contributed by atoms with Crippen molar-refractivity contribution in [3.05, 3.63) is 24.3 Å². The summed E-state index contributed by atoms with van der Waals surface area (Å²) in [7, 11) is 0. The number of hydrogen-bond donors (Lipinski definition) is 2. The molecular weight excluding hydrogens is 344 g/mol. The van der Waals surface area contributed by atoms with Gasteiger partial charge in [0.05, 0.1) is 5.25 Å². The van der Waals surface area contributed by atoms with E-state index in [2.05, 4.69) is 20.8 Å². The molecule has 1 amide bonds. The van der Waals surface area contributed by atoms with Crippen molar-refractivity contribution in [1.29, 1.82) is 0 Å². The Bertz CT molecular complexity index is 747. The van der Waals surface area contributed by atoms with Gasteiger partial charge in [-0.05, 0) is 31.0 Å². The van der Waals surface area contributed by atoms with E-state index in [9.17, 15) is 9.59 Å². The highest BCUT2D eigenvalue weighted by Gasteiger charge is 2.24. The Labute approximate surface area is 148 Å². The lowest BCUT2D eigenvalue weighted by Gasteiger charge is -2.17. The van der Waals surface area contributed by atoms with Crippen LogP contribution < -0.4 is 10.6 Å². The van der Waals surface area contributed by atoms with Crippen LogP contribution in [0.4, 0.5) is 16.5 Å². The zero-order valence-electron chi connectivity index (χ0n) is 13.2. The highest BCUT2D eigenvalue weighted by atomic mass is 32.2. The van der Waals surface area contributed by atoms with Gasteiger partial charge in [0, 0.05) is 24.7 Å². The van der Waals surface area contributed by atoms with Crippen LogP contribution in [0.25, 0.3) is 0 Å². The minimum Gasteiger partial charge on any atom is -0.330 e. The second-order valence-corrected chi connectivity index (χ2v) is 8.01. The lowest BCUT2D eigenvalue weighted by Crippen LogP contribution is -2.21. The number of carbonyl (C=O) groups is 2. The first-order valence-electron chi connectivity index (χ1n) is 7.78. The molecular formula is C16H18N4O2S2. The molecule has 1 aliphatic rings. The molecule has 0 spiro atoms. The first-order valence-corrected chi connectivity index (χ1v) is 9.47. The van der Waals surface area contributed by atoms with E-state index in [1.807, 2.05) is 24.3 Å². The number of ketones is 1. The van der Waals surface area contributed by atoms with Crippen LogP contribution in [0.3, 0.4) is 0 Å². The number of hydrogen-bond acceptors (Lipinski definition) is 7. The zero-order valence-corrected chi connectivity index (χ0v) is 14.9. The summed E-state index contributed by atoms with van der Waals surface area (Å²) in [6, 6.07) is 7.40. The quantitative estimate of drug-likeness (QED) is 0.841. The van der Waals surface area contributed by atoms with Crippen molar-refractivity contribution in [3.8, 4) is 0 Å². The smallest absolute Gasteiger partial charge is 0.221 e. The van der Waals surface area contributed by atoms with E-state index in [4.69, 9.17) is 0 Å². The second-order valence-electron chi connectivity index (χ2n) is 5.58. The molecule has 6 nitrogen and oxygen atoms in total. The van der Waals surface area contributed by atoms with Crippen LogP contribution in [0.1, 0.15) is 32.6 Å². The van der Waals surface area contributed by atoms with E-state index < -0.39 is 0 Å². The number of amides is 1. The summed E-state index contributed by atoms with van der Waals surface area (Å²) >= 11 is 2.95. The molecule has 8 heteroatoms. The van der Waals surface area contributed by atoms with Gasteiger partial charge in [-0.1, -0.05) is 35.6 Å². The van der Waals surface area contributed by atoms with Crippen molar-refractivity contribution >= 4 is 51.3 Å². The number of rotatable bonds is 5. The maximum atomic E-state index is 11.9. The third-order valence-corrected chi connectivity index (χ3v) is 5.82. The molecule has 126 valence electrons. The number of nitrogens with zero attached hydrogens (tertiary/aromatic N) is 2. The highest BCUT2D eigenvalue weighted by Crippen LogP contribution is 2.35. The van der Waals surface area contributed by atoms with Gasteiger partial charge >= 0.3 is 0 Å². The summed E-state index contributed by atoms with van der Waals surface area (Å²) in [6.07, 6.45) is 3.70. The van der Waals surface area contributed by atoms with E-state index in [1.54, 1.807) is 0 Å². The standard InChI is InChI=1S/C16H18N4O2S2/c1-10(21)17-11-5-4-6-12(9-11)18-15-19-20-16(24-15)23-14-8-3-2-7-13(14)22/h4-6,9,14H,2-3,7-8H2,1H3,(H,17,21)(H,18,19)/t14-/m1/s1. The molecule has 1 aromatic heterocycles. The molecule has 0 radical (unpaired) electrons. The average Bonchev–Trinajstić information content (AvgIpc) is 2.96. The molecule has 1 atom stereocenters. The Morgan fingerprint density at radius 3 is 2.92 bits per heavy atom. The molecule has 24 heavy (non-hydrogen) atoms. The van der Waals surface area contributed by atoms with Crippen LogP contribution in [-0.4, -0.2) is 27.1 Å². The van der Waals surface area contributed by atoms with Gasteiger partial charge in [0.15, 0.2) is 4.34 Å². The molecule has 0 unspecified atom stereocenters. The minimum atomic E-state index is -0.112. The Balaban J connectivity index is 1.63. The van der Waals surface area contributed by atoms with Crippen molar-refractivity contribution in [1.82, 2.24) is 10.2 Å². The van der Waals surface area contributed by atoms with Crippen LogP contribution in [0, 0.1) is 0 Å².